The van der Waals surface area contributed by atoms with Crippen molar-refractivity contribution in [1.82, 2.24) is 15.5 Å². The van der Waals surface area contributed by atoms with Crippen molar-refractivity contribution in [3.8, 4) is 11.5 Å². The van der Waals surface area contributed by atoms with Crippen molar-refractivity contribution in [1.29, 1.82) is 0 Å². The number of nitrogens with one attached hydrogen (secondary N) is 3. The lowest BCUT2D eigenvalue weighted by atomic mass is 10.3. The molecule has 1 aromatic carbocycles. The highest BCUT2D eigenvalue weighted by atomic mass is 35.5. The predicted molar refractivity (Wildman–Crippen MR) is 69.9 cm³/mol. The fraction of sp³-hybridized carbons (Fsp3) is 0.0909. The number of aromatic nitrogens is 2. The summed E-state index contributed by atoms with van der Waals surface area (Å²) >= 11 is 5.57. The number of hydrazine groups is 2. The Morgan fingerprint density at radius 2 is 2.05 bits per heavy atom. The van der Waals surface area contributed by atoms with E-state index in [-0.39, 0.29) is 17.9 Å². The molecule has 9 heteroatoms. The van der Waals surface area contributed by atoms with Crippen LogP contribution < -0.4 is 25.9 Å². The van der Waals surface area contributed by atoms with Crippen LogP contribution in [0, 0.1) is 5.82 Å². The van der Waals surface area contributed by atoms with E-state index >= 15 is 0 Å². The van der Waals surface area contributed by atoms with Crippen LogP contribution in [0.15, 0.2) is 24.4 Å². The van der Waals surface area contributed by atoms with E-state index in [0.29, 0.717) is 17.2 Å². The first-order chi connectivity index (χ1) is 9.72. The second-order valence-corrected chi connectivity index (χ2v) is 4.12. The van der Waals surface area contributed by atoms with Crippen molar-refractivity contribution in [2.24, 2.45) is 0 Å². The number of halogens is 2. The van der Waals surface area contributed by atoms with Gasteiger partial charge in [0.25, 0.3) is 0 Å². The highest BCUT2D eigenvalue weighted by Gasteiger charge is 2.13. The van der Waals surface area contributed by atoms with Crippen LogP contribution in [-0.2, 0) is 0 Å². The molecule has 0 saturated carbocycles. The zero-order valence-corrected chi connectivity index (χ0v) is 10.7. The lowest BCUT2D eigenvalue weighted by Gasteiger charge is -2.11. The maximum absolute atomic E-state index is 13.3. The van der Waals surface area contributed by atoms with Crippen LogP contribution in [0.3, 0.4) is 0 Å². The Morgan fingerprint density at radius 1 is 1.20 bits per heavy atom. The van der Waals surface area contributed by atoms with Gasteiger partial charge in [-0.2, -0.15) is 4.98 Å². The van der Waals surface area contributed by atoms with Crippen molar-refractivity contribution >= 4 is 23.1 Å². The molecule has 0 aliphatic carbocycles. The summed E-state index contributed by atoms with van der Waals surface area (Å²) in [6, 6.07) is 5.26. The minimum atomic E-state index is -0.630. The summed E-state index contributed by atoms with van der Waals surface area (Å²) in [6.45, 7) is 0.203. The molecule has 3 rings (SSSR count). The van der Waals surface area contributed by atoms with Crippen LogP contribution in [0.5, 0.6) is 11.5 Å². The lowest BCUT2D eigenvalue weighted by Crippen LogP contribution is -2.29. The van der Waals surface area contributed by atoms with Gasteiger partial charge in [-0.25, -0.2) is 9.37 Å². The monoisotopic (exact) mass is 297 g/mol. The molecule has 2 aromatic rings. The van der Waals surface area contributed by atoms with Crippen LogP contribution in [0.1, 0.15) is 0 Å². The second-order valence-electron chi connectivity index (χ2n) is 3.78. The molecule has 7 nitrogen and oxygen atoms in total. The van der Waals surface area contributed by atoms with Gasteiger partial charge >= 0.3 is 0 Å². The minimum absolute atomic E-state index is 0.0567. The molecule has 1 aliphatic heterocycles. The van der Waals surface area contributed by atoms with Crippen LogP contribution in [0.25, 0.3) is 0 Å². The van der Waals surface area contributed by atoms with Gasteiger partial charge in [-0.15, -0.1) is 5.53 Å². The van der Waals surface area contributed by atoms with Crippen molar-refractivity contribution in [3.63, 3.8) is 0 Å². The normalized spacial score (nSPS) is 12.3. The number of hydrogen-bond acceptors (Lipinski definition) is 7. The van der Waals surface area contributed by atoms with E-state index in [4.69, 9.17) is 21.1 Å². The summed E-state index contributed by atoms with van der Waals surface area (Å²) in [5.74, 6) is 0.609. The topological polar surface area (TPSA) is 80.3 Å². The number of nitrogens with zero attached hydrogens (tertiary/aromatic N) is 2. The fourth-order valence-corrected chi connectivity index (χ4v) is 1.70. The van der Waals surface area contributed by atoms with Crippen molar-refractivity contribution in [2.75, 3.05) is 17.6 Å². The molecule has 0 saturated heterocycles. The molecule has 2 heterocycles. The SMILES string of the molecule is Fc1cnc(Cl)nc1NNNc1ccc2c(c1)OCO2. The zero-order valence-electron chi connectivity index (χ0n) is 9.98. The molecule has 0 radical (unpaired) electrons. The molecular weight excluding hydrogens is 289 g/mol. The third kappa shape index (κ3) is 2.65. The van der Waals surface area contributed by atoms with E-state index in [2.05, 4.69) is 26.4 Å². The number of hydrogen-bond donors (Lipinski definition) is 3. The number of fused-ring (bicyclic) bond motifs is 1. The van der Waals surface area contributed by atoms with E-state index in [1.165, 1.54) is 0 Å². The van der Waals surface area contributed by atoms with Crippen LogP contribution in [0.4, 0.5) is 15.9 Å². The second kappa shape index (κ2) is 5.35. The summed E-state index contributed by atoms with van der Waals surface area (Å²) in [4.78, 5) is 7.19. The molecule has 3 N–H and O–H groups in total. The summed E-state index contributed by atoms with van der Waals surface area (Å²) in [5, 5.41) is -0.0567. The first kappa shape index (κ1) is 12.7. The van der Waals surface area contributed by atoms with Crippen LogP contribution in [0.2, 0.25) is 5.28 Å². The predicted octanol–water partition coefficient (Wildman–Crippen LogP) is 1.94. The Morgan fingerprint density at radius 3 is 2.95 bits per heavy atom. The molecule has 0 spiro atoms. The fourth-order valence-electron chi connectivity index (χ4n) is 1.57. The van der Waals surface area contributed by atoms with Crippen molar-refractivity contribution < 1.29 is 13.9 Å². The maximum atomic E-state index is 13.3. The van der Waals surface area contributed by atoms with Gasteiger partial charge in [-0.1, -0.05) is 0 Å². The zero-order chi connectivity index (χ0) is 13.9. The van der Waals surface area contributed by atoms with Gasteiger partial charge in [0.1, 0.15) is 0 Å². The highest BCUT2D eigenvalue weighted by molar-refractivity contribution is 6.28. The number of anilines is 2. The van der Waals surface area contributed by atoms with Gasteiger partial charge in [-0.05, 0) is 23.7 Å². The number of benzene rings is 1. The largest absolute Gasteiger partial charge is 0.454 e. The van der Waals surface area contributed by atoms with Crippen molar-refractivity contribution in [2.45, 2.75) is 0 Å². The van der Waals surface area contributed by atoms with E-state index < -0.39 is 5.82 Å². The maximum Gasteiger partial charge on any atom is 0.231 e. The average molecular weight is 298 g/mol. The van der Waals surface area contributed by atoms with Crippen molar-refractivity contribution in [3.05, 3.63) is 35.5 Å². The Kier molecular flexibility index (Phi) is 3.40. The van der Waals surface area contributed by atoms with Crippen LogP contribution in [-0.4, -0.2) is 16.8 Å². The van der Waals surface area contributed by atoms with Gasteiger partial charge < -0.3 is 14.9 Å². The van der Waals surface area contributed by atoms with Gasteiger partial charge in [0.2, 0.25) is 12.1 Å². The molecule has 0 bridgehead atoms. The smallest absolute Gasteiger partial charge is 0.231 e. The van der Waals surface area contributed by atoms with E-state index in [1.807, 2.05) is 0 Å². The molecule has 1 aromatic heterocycles. The third-order valence-corrected chi connectivity index (χ3v) is 2.66. The first-order valence-electron chi connectivity index (χ1n) is 5.57. The van der Waals surface area contributed by atoms with E-state index in [1.54, 1.807) is 18.2 Å². The summed E-state index contributed by atoms with van der Waals surface area (Å²) < 4.78 is 23.7. The average Bonchev–Trinajstić information content (AvgIpc) is 2.90. The number of rotatable bonds is 4. The minimum Gasteiger partial charge on any atom is -0.454 e. The van der Waals surface area contributed by atoms with Gasteiger partial charge in [0.05, 0.1) is 11.9 Å². The Labute approximate surface area is 118 Å². The first-order valence-corrected chi connectivity index (χ1v) is 5.95. The van der Waals surface area contributed by atoms with E-state index in [9.17, 15) is 4.39 Å². The Hall–Kier alpha value is -2.32. The molecule has 0 atom stereocenters. The van der Waals surface area contributed by atoms with Gasteiger partial charge in [0.15, 0.2) is 23.1 Å². The Balaban J connectivity index is 1.61. The summed E-state index contributed by atoms with van der Waals surface area (Å²) in [6.07, 6.45) is 0.972. The standard InChI is InChI=1S/C11H9ClFN5O2/c12-11-14-4-7(13)10(15-11)17-18-16-6-1-2-8-9(3-6)20-5-19-8/h1-4,16,18H,5H2,(H,14,15,17). The van der Waals surface area contributed by atoms with Crippen LogP contribution >= 0.6 is 11.6 Å². The number of ether oxygens (including phenoxy) is 2. The molecule has 104 valence electrons. The summed E-state index contributed by atoms with van der Waals surface area (Å²) in [7, 11) is 0. The quantitative estimate of drug-likeness (QED) is 0.588. The molecule has 20 heavy (non-hydrogen) atoms. The lowest BCUT2D eigenvalue weighted by molar-refractivity contribution is 0.174. The molecule has 0 fully saturated rings. The van der Waals surface area contributed by atoms with Gasteiger partial charge in [-0.3, -0.25) is 5.43 Å². The van der Waals surface area contributed by atoms with E-state index in [0.717, 1.165) is 6.20 Å². The molecule has 1 aliphatic rings. The molecular formula is C11H9ClFN5O2. The third-order valence-electron chi connectivity index (χ3n) is 2.48. The van der Waals surface area contributed by atoms with Gasteiger partial charge in [0, 0.05) is 6.07 Å². The molecule has 0 amide bonds. The summed E-state index contributed by atoms with van der Waals surface area (Å²) in [5.41, 5.74) is 8.62. The Bertz CT molecular complexity index is 642. The molecule has 0 unspecified atom stereocenters. The highest BCUT2D eigenvalue weighted by Crippen LogP contribution is 2.33.